The second-order valence-corrected chi connectivity index (χ2v) is 7.95. The molecule has 0 aromatic heterocycles. The molecule has 2 N–H and O–H groups in total. The van der Waals surface area contributed by atoms with E-state index in [1.54, 1.807) is 4.31 Å². The van der Waals surface area contributed by atoms with Gasteiger partial charge in [0, 0.05) is 37.8 Å². The number of hydrogen-bond donors (Lipinski definition) is 2. The summed E-state index contributed by atoms with van der Waals surface area (Å²) < 4.78 is 30.0. The molecule has 2 rings (SSSR count). The lowest BCUT2D eigenvalue weighted by molar-refractivity contribution is 0.0704. The summed E-state index contributed by atoms with van der Waals surface area (Å²) in [5.74, 6) is 0. The number of rotatable bonds is 5. The molecule has 0 aliphatic carbocycles. The minimum Gasteiger partial charge on any atom is -0.379 e. The summed E-state index contributed by atoms with van der Waals surface area (Å²) in [6, 6.07) is 1.28. The summed E-state index contributed by atoms with van der Waals surface area (Å²) in [5, 5.41) is 7.08. The first kappa shape index (κ1) is 16.2. The summed E-state index contributed by atoms with van der Waals surface area (Å²) in [5.41, 5.74) is 0. The van der Waals surface area contributed by atoms with Gasteiger partial charge in [0.15, 0.2) is 0 Å². The SMILES string of the molecule is CC(CC1COCCN1)NC1CCN(S(C)(=O)=O)CC1. The lowest BCUT2D eigenvalue weighted by Crippen LogP contribution is -2.49. The summed E-state index contributed by atoms with van der Waals surface area (Å²) in [7, 11) is -3.02. The predicted molar refractivity (Wildman–Crippen MR) is 79.3 cm³/mol. The Hall–Kier alpha value is -0.210. The van der Waals surface area contributed by atoms with Gasteiger partial charge >= 0.3 is 0 Å². The van der Waals surface area contributed by atoms with Crippen molar-refractivity contribution < 1.29 is 13.2 Å². The number of nitrogens with one attached hydrogen (secondary N) is 2. The third-order valence-corrected chi connectivity index (χ3v) is 5.38. The largest absolute Gasteiger partial charge is 0.379 e. The van der Waals surface area contributed by atoms with Crippen LogP contribution in [0.5, 0.6) is 0 Å². The van der Waals surface area contributed by atoms with Gasteiger partial charge in [-0.05, 0) is 26.2 Å². The number of hydrogen-bond acceptors (Lipinski definition) is 5. The number of sulfonamides is 1. The van der Waals surface area contributed by atoms with Crippen LogP contribution in [0.3, 0.4) is 0 Å². The highest BCUT2D eigenvalue weighted by Gasteiger charge is 2.26. The van der Waals surface area contributed by atoms with Crippen molar-refractivity contribution in [2.75, 3.05) is 39.1 Å². The van der Waals surface area contributed by atoms with Gasteiger partial charge in [0.25, 0.3) is 0 Å². The molecule has 0 aromatic rings. The maximum absolute atomic E-state index is 11.5. The molecule has 0 spiro atoms. The summed E-state index contributed by atoms with van der Waals surface area (Å²) in [4.78, 5) is 0. The predicted octanol–water partition coefficient (Wildman–Crippen LogP) is -0.233. The molecule has 2 heterocycles. The fraction of sp³-hybridized carbons (Fsp3) is 1.00. The molecule has 0 amide bonds. The van der Waals surface area contributed by atoms with Crippen LogP contribution in [0.2, 0.25) is 0 Å². The van der Waals surface area contributed by atoms with Gasteiger partial charge in [0.1, 0.15) is 0 Å². The van der Waals surface area contributed by atoms with Crippen molar-refractivity contribution in [1.82, 2.24) is 14.9 Å². The standard InChI is InChI=1S/C13H27N3O3S/c1-11(9-13-10-19-8-5-14-13)15-12-3-6-16(7-4-12)20(2,17)18/h11-15H,3-10H2,1-2H3. The average Bonchev–Trinajstić information content (AvgIpc) is 2.39. The summed E-state index contributed by atoms with van der Waals surface area (Å²) >= 11 is 0. The third kappa shape index (κ3) is 4.96. The van der Waals surface area contributed by atoms with E-state index >= 15 is 0 Å². The highest BCUT2D eigenvalue weighted by Crippen LogP contribution is 2.14. The Labute approximate surface area is 122 Å². The Morgan fingerprint density at radius 2 is 2.10 bits per heavy atom. The minimum absolute atomic E-state index is 0.420. The highest BCUT2D eigenvalue weighted by molar-refractivity contribution is 7.88. The van der Waals surface area contributed by atoms with E-state index in [1.807, 2.05) is 0 Å². The first-order chi connectivity index (χ1) is 9.45. The van der Waals surface area contributed by atoms with Crippen molar-refractivity contribution >= 4 is 10.0 Å². The lowest BCUT2D eigenvalue weighted by atomic mass is 10.0. The summed E-state index contributed by atoms with van der Waals surface area (Å²) in [6.07, 6.45) is 4.13. The van der Waals surface area contributed by atoms with Crippen molar-refractivity contribution in [3.8, 4) is 0 Å². The maximum Gasteiger partial charge on any atom is 0.211 e. The van der Waals surface area contributed by atoms with Crippen molar-refractivity contribution in [2.45, 2.75) is 44.3 Å². The second-order valence-electron chi connectivity index (χ2n) is 5.97. The van der Waals surface area contributed by atoms with Crippen LogP contribution in [0, 0.1) is 0 Å². The molecule has 2 fully saturated rings. The van der Waals surface area contributed by atoms with E-state index < -0.39 is 10.0 Å². The number of morpholine rings is 1. The normalized spacial score (nSPS) is 28.4. The van der Waals surface area contributed by atoms with Crippen LogP contribution >= 0.6 is 0 Å². The van der Waals surface area contributed by atoms with Crippen molar-refractivity contribution in [3.63, 3.8) is 0 Å². The molecular weight excluding hydrogens is 278 g/mol. The molecule has 2 aliphatic heterocycles. The molecule has 20 heavy (non-hydrogen) atoms. The van der Waals surface area contributed by atoms with Crippen LogP contribution in [-0.2, 0) is 14.8 Å². The number of ether oxygens (including phenoxy) is 1. The van der Waals surface area contributed by atoms with Crippen LogP contribution < -0.4 is 10.6 Å². The molecule has 2 unspecified atom stereocenters. The van der Waals surface area contributed by atoms with Gasteiger partial charge in [-0.2, -0.15) is 0 Å². The van der Waals surface area contributed by atoms with Gasteiger partial charge in [-0.1, -0.05) is 0 Å². The van der Waals surface area contributed by atoms with Crippen LogP contribution in [0.4, 0.5) is 0 Å². The lowest BCUT2D eigenvalue weighted by Gasteiger charge is -2.34. The fourth-order valence-corrected chi connectivity index (χ4v) is 3.90. The van der Waals surface area contributed by atoms with Crippen molar-refractivity contribution in [1.29, 1.82) is 0 Å². The molecule has 118 valence electrons. The topological polar surface area (TPSA) is 70.7 Å². The molecule has 6 nitrogen and oxygen atoms in total. The van der Waals surface area contributed by atoms with Gasteiger partial charge in [-0.3, -0.25) is 0 Å². The minimum atomic E-state index is -3.02. The third-order valence-electron chi connectivity index (χ3n) is 4.08. The molecule has 2 aliphatic rings. The number of piperidine rings is 1. The molecule has 2 saturated heterocycles. The molecular formula is C13H27N3O3S. The molecule has 0 radical (unpaired) electrons. The zero-order valence-corrected chi connectivity index (χ0v) is 13.3. The zero-order chi connectivity index (χ0) is 14.6. The van der Waals surface area contributed by atoms with E-state index in [0.717, 1.165) is 39.0 Å². The maximum atomic E-state index is 11.5. The fourth-order valence-electron chi connectivity index (χ4n) is 3.02. The molecule has 0 bridgehead atoms. The molecule has 0 saturated carbocycles. The van der Waals surface area contributed by atoms with Crippen LogP contribution in [0.25, 0.3) is 0 Å². The summed E-state index contributed by atoms with van der Waals surface area (Å²) in [6.45, 7) is 5.99. The zero-order valence-electron chi connectivity index (χ0n) is 12.5. The Kier molecular flexibility index (Phi) is 5.80. The Morgan fingerprint density at radius 3 is 2.65 bits per heavy atom. The van der Waals surface area contributed by atoms with E-state index in [2.05, 4.69) is 17.6 Å². The first-order valence-corrected chi connectivity index (χ1v) is 9.32. The van der Waals surface area contributed by atoms with Gasteiger partial charge < -0.3 is 15.4 Å². The Morgan fingerprint density at radius 1 is 1.40 bits per heavy atom. The van der Waals surface area contributed by atoms with Crippen molar-refractivity contribution in [2.24, 2.45) is 0 Å². The highest BCUT2D eigenvalue weighted by atomic mass is 32.2. The first-order valence-electron chi connectivity index (χ1n) is 7.47. The van der Waals surface area contributed by atoms with Crippen LogP contribution in [0.15, 0.2) is 0 Å². The van der Waals surface area contributed by atoms with Gasteiger partial charge in [-0.15, -0.1) is 0 Å². The van der Waals surface area contributed by atoms with Gasteiger partial charge in [0.2, 0.25) is 10.0 Å². The quantitative estimate of drug-likeness (QED) is 0.734. The van der Waals surface area contributed by atoms with E-state index in [-0.39, 0.29) is 0 Å². The average molecular weight is 305 g/mol. The molecule has 7 heteroatoms. The number of nitrogens with zero attached hydrogens (tertiary/aromatic N) is 1. The van der Waals surface area contributed by atoms with E-state index in [0.29, 0.717) is 31.2 Å². The van der Waals surface area contributed by atoms with Crippen LogP contribution in [0.1, 0.15) is 26.2 Å². The Bertz CT molecular complexity index is 388. The van der Waals surface area contributed by atoms with E-state index in [9.17, 15) is 8.42 Å². The Balaban J connectivity index is 1.69. The second kappa shape index (κ2) is 7.17. The smallest absolute Gasteiger partial charge is 0.211 e. The van der Waals surface area contributed by atoms with E-state index in [4.69, 9.17) is 4.74 Å². The van der Waals surface area contributed by atoms with Gasteiger partial charge in [-0.25, -0.2) is 12.7 Å². The van der Waals surface area contributed by atoms with Crippen molar-refractivity contribution in [3.05, 3.63) is 0 Å². The monoisotopic (exact) mass is 305 g/mol. The van der Waals surface area contributed by atoms with Gasteiger partial charge in [0.05, 0.1) is 19.5 Å². The molecule has 2 atom stereocenters. The van der Waals surface area contributed by atoms with Crippen LogP contribution in [-0.4, -0.2) is 70.0 Å². The molecule has 0 aromatic carbocycles. The van der Waals surface area contributed by atoms with E-state index in [1.165, 1.54) is 6.26 Å².